The molecule has 0 saturated carbocycles. The average Bonchev–Trinajstić information content (AvgIpc) is 2.98. The highest BCUT2D eigenvalue weighted by atomic mass is 19.4. The van der Waals surface area contributed by atoms with Gasteiger partial charge in [-0.15, -0.1) is 0 Å². The van der Waals surface area contributed by atoms with E-state index in [9.17, 15) is 18.0 Å². The normalized spacial score (nSPS) is 14.3. The zero-order valence-corrected chi connectivity index (χ0v) is 23.2. The van der Waals surface area contributed by atoms with Crippen molar-refractivity contribution in [3.8, 4) is 23.0 Å². The SMILES string of the molecule is CN1CCN(Cc2ccc(C(=O)Nc3cccc(Oc4nc(-c5cccnc5)nc(N)c4C=N)c3)cc2C(F)(F)F)CC1. The Morgan fingerprint density at radius 1 is 1.09 bits per heavy atom. The van der Waals surface area contributed by atoms with E-state index in [1.54, 1.807) is 42.7 Å². The number of nitrogens with zero attached hydrogens (tertiary/aromatic N) is 5. The van der Waals surface area contributed by atoms with E-state index >= 15 is 0 Å². The minimum atomic E-state index is -4.62. The summed E-state index contributed by atoms with van der Waals surface area (Å²) >= 11 is 0. The highest BCUT2D eigenvalue weighted by Crippen LogP contribution is 2.34. The number of likely N-dealkylation sites (N-methyl/N-ethyl adjacent to an activating group) is 1. The molecule has 0 unspecified atom stereocenters. The number of hydrogen-bond donors (Lipinski definition) is 3. The average molecular weight is 591 g/mol. The second-order valence-corrected chi connectivity index (χ2v) is 10.1. The Morgan fingerprint density at radius 2 is 1.88 bits per heavy atom. The fourth-order valence-electron chi connectivity index (χ4n) is 4.62. The van der Waals surface area contributed by atoms with Crippen molar-refractivity contribution in [3.05, 3.63) is 89.2 Å². The number of carbonyl (C=O) groups excluding carboxylic acids is 1. The largest absolute Gasteiger partial charge is 0.438 e. The van der Waals surface area contributed by atoms with Gasteiger partial charge in [0.05, 0.1) is 11.1 Å². The molecule has 1 aliphatic heterocycles. The van der Waals surface area contributed by atoms with Crippen LogP contribution < -0.4 is 15.8 Å². The van der Waals surface area contributed by atoms with Gasteiger partial charge >= 0.3 is 6.18 Å². The van der Waals surface area contributed by atoms with Gasteiger partial charge in [0.25, 0.3) is 5.91 Å². The number of carbonyl (C=O) groups is 1. The standard InChI is InChI=1S/C30H29F3N8O2/c1-40-10-12-41(13-11-40)18-21-8-7-19(14-25(21)30(31,32)33)28(42)37-22-5-2-6-23(15-22)43-29-24(16-34)26(35)38-27(39-29)20-4-3-9-36-17-20/h2-9,14-17,34H,10-13,18H2,1H3,(H,37,42)(H2,35,38,39). The molecule has 1 saturated heterocycles. The van der Waals surface area contributed by atoms with Crippen molar-refractivity contribution >= 4 is 23.6 Å². The first-order valence-electron chi connectivity index (χ1n) is 13.4. The van der Waals surface area contributed by atoms with Crippen molar-refractivity contribution in [1.29, 1.82) is 5.41 Å². The third kappa shape index (κ3) is 7.13. The molecular weight excluding hydrogens is 561 g/mol. The number of pyridine rings is 1. The summed E-state index contributed by atoms with van der Waals surface area (Å²) in [5.74, 6) is -0.184. The number of alkyl halides is 3. The van der Waals surface area contributed by atoms with Crippen molar-refractivity contribution < 1.29 is 22.7 Å². The van der Waals surface area contributed by atoms with Crippen molar-refractivity contribution in [3.63, 3.8) is 0 Å². The lowest BCUT2D eigenvalue weighted by Gasteiger charge is -2.33. The van der Waals surface area contributed by atoms with Crippen LogP contribution in [0, 0.1) is 5.41 Å². The number of aromatic nitrogens is 3. The monoisotopic (exact) mass is 590 g/mol. The van der Waals surface area contributed by atoms with Gasteiger partial charge in [-0.3, -0.25) is 14.7 Å². The molecule has 1 amide bonds. The van der Waals surface area contributed by atoms with E-state index in [1.165, 1.54) is 18.2 Å². The summed E-state index contributed by atoms with van der Waals surface area (Å²) in [6.07, 6.45) is -0.494. The van der Waals surface area contributed by atoms with E-state index in [4.69, 9.17) is 15.9 Å². The number of amides is 1. The summed E-state index contributed by atoms with van der Waals surface area (Å²) in [5, 5.41) is 10.4. The molecule has 43 heavy (non-hydrogen) atoms. The maximum atomic E-state index is 14.0. The molecule has 5 rings (SSSR count). The van der Waals surface area contributed by atoms with Gasteiger partial charge in [0, 0.05) is 74.2 Å². The quantitative estimate of drug-likeness (QED) is 0.246. The Kier molecular flexibility index (Phi) is 8.64. The number of benzene rings is 2. The summed E-state index contributed by atoms with van der Waals surface area (Å²) < 4.78 is 47.9. The van der Waals surface area contributed by atoms with E-state index in [2.05, 4.69) is 25.2 Å². The van der Waals surface area contributed by atoms with Gasteiger partial charge in [-0.1, -0.05) is 12.1 Å². The van der Waals surface area contributed by atoms with Gasteiger partial charge in [0.1, 0.15) is 11.6 Å². The molecule has 1 fully saturated rings. The van der Waals surface area contributed by atoms with Gasteiger partial charge in [0.2, 0.25) is 5.88 Å². The predicted molar refractivity (Wildman–Crippen MR) is 156 cm³/mol. The molecule has 13 heteroatoms. The Bertz CT molecular complexity index is 1620. The van der Waals surface area contributed by atoms with E-state index in [0.29, 0.717) is 18.7 Å². The smallest absolute Gasteiger partial charge is 0.416 e. The minimum Gasteiger partial charge on any atom is -0.438 e. The molecule has 2 aromatic carbocycles. The van der Waals surface area contributed by atoms with Gasteiger partial charge < -0.3 is 26.1 Å². The van der Waals surface area contributed by atoms with Crippen LogP contribution in [-0.4, -0.2) is 70.1 Å². The van der Waals surface area contributed by atoms with Crippen LogP contribution >= 0.6 is 0 Å². The number of ether oxygens (including phenoxy) is 1. The van der Waals surface area contributed by atoms with Crippen LogP contribution in [0.4, 0.5) is 24.7 Å². The lowest BCUT2D eigenvalue weighted by Crippen LogP contribution is -2.44. The molecule has 0 radical (unpaired) electrons. The number of piperazine rings is 1. The molecule has 0 atom stereocenters. The molecule has 0 aliphatic carbocycles. The van der Waals surface area contributed by atoms with Crippen LogP contribution in [0.25, 0.3) is 11.4 Å². The number of nitrogens with two attached hydrogens (primary N) is 1. The molecule has 4 N–H and O–H groups in total. The van der Waals surface area contributed by atoms with E-state index in [1.807, 2.05) is 11.9 Å². The van der Waals surface area contributed by atoms with Crippen molar-refractivity contribution in [2.75, 3.05) is 44.3 Å². The number of hydrogen-bond acceptors (Lipinski definition) is 9. The lowest BCUT2D eigenvalue weighted by molar-refractivity contribution is -0.138. The van der Waals surface area contributed by atoms with Crippen molar-refractivity contribution in [1.82, 2.24) is 24.8 Å². The van der Waals surface area contributed by atoms with Gasteiger partial charge in [0.15, 0.2) is 5.82 Å². The maximum absolute atomic E-state index is 14.0. The molecule has 0 bridgehead atoms. The molecule has 2 aromatic heterocycles. The third-order valence-electron chi connectivity index (χ3n) is 6.98. The number of nitrogens with one attached hydrogen (secondary N) is 2. The molecular formula is C30H29F3N8O2. The molecule has 4 aromatic rings. The zero-order valence-electron chi connectivity index (χ0n) is 23.2. The van der Waals surface area contributed by atoms with Gasteiger partial charge in [-0.2, -0.15) is 18.2 Å². The van der Waals surface area contributed by atoms with Crippen molar-refractivity contribution in [2.24, 2.45) is 0 Å². The van der Waals surface area contributed by atoms with Crippen LogP contribution in [0.5, 0.6) is 11.6 Å². The zero-order chi connectivity index (χ0) is 30.6. The second kappa shape index (κ2) is 12.5. The molecule has 222 valence electrons. The van der Waals surface area contributed by atoms with Crippen LogP contribution in [0.2, 0.25) is 0 Å². The minimum absolute atomic E-state index is 0.00980. The summed E-state index contributed by atoms with van der Waals surface area (Å²) in [6.45, 7) is 3.05. The Morgan fingerprint density at radius 3 is 2.58 bits per heavy atom. The molecule has 10 nitrogen and oxygen atoms in total. The number of halogens is 3. The van der Waals surface area contributed by atoms with Crippen LogP contribution in [-0.2, 0) is 12.7 Å². The summed E-state index contributed by atoms with van der Waals surface area (Å²) in [4.78, 5) is 29.8. The van der Waals surface area contributed by atoms with Crippen LogP contribution in [0.15, 0.2) is 67.0 Å². The number of anilines is 2. The lowest BCUT2D eigenvalue weighted by atomic mass is 10.0. The maximum Gasteiger partial charge on any atom is 0.416 e. The Balaban J connectivity index is 1.35. The van der Waals surface area contributed by atoms with E-state index < -0.39 is 17.6 Å². The first-order valence-corrected chi connectivity index (χ1v) is 13.4. The van der Waals surface area contributed by atoms with Crippen LogP contribution in [0.3, 0.4) is 0 Å². The summed E-state index contributed by atoms with van der Waals surface area (Å²) in [6, 6.07) is 13.4. The van der Waals surface area contributed by atoms with Crippen LogP contribution in [0.1, 0.15) is 27.0 Å². The fourth-order valence-corrected chi connectivity index (χ4v) is 4.62. The van der Waals surface area contributed by atoms with Crippen molar-refractivity contribution in [2.45, 2.75) is 12.7 Å². The van der Waals surface area contributed by atoms with Gasteiger partial charge in [-0.05, 0) is 49.0 Å². The number of rotatable bonds is 8. The first-order chi connectivity index (χ1) is 20.6. The summed E-state index contributed by atoms with van der Waals surface area (Å²) in [7, 11) is 1.98. The number of nitrogen functional groups attached to an aromatic ring is 1. The highest BCUT2D eigenvalue weighted by molar-refractivity contribution is 6.04. The molecule has 0 spiro atoms. The highest BCUT2D eigenvalue weighted by Gasteiger charge is 2.34. The first kappa shape index (κ1) is 29.6. The van der Waals surface area contributed by atoms with Gasteiger partial charge in [-0.25, -0.2) is 4.98 Å². The third-order valence-corrected chi connectivity index (χ3v) is 6.98. The Hall–Kier alpha value is -4.88. The van der Waals surface area contributed by atoms with E-state index in [-0.39, 0.29) is 52.2 Å². The second-order valence-electron chi connectivity index (χ2n) is 10.1. The fraction of sp³-hybridized carbons (Fsp3) is 0.233. The van der Waals surface area contributed by atoms with E-state index in [0.717, 1.165) is 25.4 Å². The molecule has 3 heterocycles. The molecule has 1 aliphatic rings. The Labute approximate surface area is 245 Å². The topological polar surface area (TPSA) is 133 Å². The summed E-state index contributed by atoms with van der Waals surface area (Å²) in [5.41, 5.74) is 6.24. The predicted octanol–water partition coefficient (Wildman–Crippen LogP) is 4.93.